The topological polar surface area (TPSA) is 115 Å². The summed E-state index contributed by atoms with van der Waals surface area (Å²) in [5.74, 6) is 1.59. The van der Waals surface area contributed by atoms with Crippen LogP contribution >= 0.6 is 0 Å². The molecule has 0 radical (unpaired) electrons. The largest absolute Gasteiger partial charge is 0.390 e. The summed E-state index contributed by atoms with van der Waals surface area (Å²) in [7, 11) is 0. The van der Waals surface area contributed by atoms with Crippen molar-refractivity contribution in [2.75, 3.05) is 34.8 Å². The van der Waals surface area contributed by atoms with Crippen LogP contribution in [0.15, 0.2) is 0 Å². The summed E-state index contributed by atoms with van der Waals surface area (Å²) >= 11 is 0. The zero-order valence-electron chi connectivity index (χ0n) is 11.7. The second kappa shape index (κ2) is 4.73. The highest BCUT2D eigenvalue weighted by atomic mass is 16.3. The maximum absolute atomic E-state index is 9.62. The predicted octanol–water partition coefficient (Wildman–Crippen LogP) is -0.158. The lowest BCUT2D eigenvalue weighted by molar-refractivity contribution is -0.350. The van der Waals surface area contributed by atoms with Gasteiger partial charge in [0.15, 0.2) is 5.69 Å². The molecule has 2 heterocycles. The van der Waals surface area contributed by atoms with Gasteiger partial charge in [0.2, 0.25) is 11.6 Å². The van der Waals surface area contributed by atoms with Crippen molar-refractivity contribution in [1.82, 2.24) is 4.98 Å². The van der Waals surface area contributed by atoms with Crippen LogP contribution < -0.4 is 26.7 Å². The average molecular weight is 267 g/mol. The molecule has 0 aromatic carbocycles. The molecular weight excluding hydrogens is 244 g/mol. The average Bonchev–Trinajstić information content (AvgIpc) is 2.67. The highest BCUT2D eigenvalue weighted by Gasteiger charge is 2.29. The minimum absolute atomic E-state index is 0.131. The third-order valence-corrected chi connectivity index (χ3v) is 2.97. The van der Waals surface area contributed by atoms with Crippen LogP contribution in [0.2, 0.25) is 0 Å². The van der Waals surface area contributed by atoms with Gasteiger partial charge in [-0.05, 0) is 20.8 Å². The Morgan fingerprint density at radius 2 is 2.11 bits per heavy atom. The first-order chi connectivity index (χ1) is 8.76. The molecule has 1 aromatic heterocycles. The third-order valence-electron chi connectivity index (χ3n) is 2.97. The number of nitrogen functional groups attached to an aromatic ring is 2. The van der Waals surface area contributed by atoms with Gasteiger partial charge >= 0.3 is 5.95 Å². The van der Waals surface area contributed by atoms with Crippen molar-refractivity contribution in [3.05, 3.63) is 0 Å². The van der Waals surface area contributed by atoms with E-state index >= 15 is 0 Å². The van der Waals surface area contributed by atoms with Gasteiger partial charge in [-0.15, -0.1) is 0 Å². The highest BCUT2D eigenvalue weighted by Crippen LogP contribution is 2.26. The highest BCUT2D eigenvalue weighted by molar-refractivity contribution is 5.72. The van der Waals surface area contributed by atoms with E-state index in [1.54, 1.807) is 0 Å². The normalized spacial score (nSPS) is 19.8. The van der Waals surface area contributed by atoms with Gasteiger partial charge in [-0.1, -0.05) is 4.98 Å². The van der Waals surface area contributed by atoms with Crippen LogP contribution in [0, 0.1) is 0 Å². The molecule has 7 nitrogen and oxygen atoms in total. The molecule has 1 atom stereocenters. The number of aliphatic hydroxyl groups excluding tert-OH is 1. The van der Waals surface area contributed by atoms with Crippen LogP contribution in [-0.4, -0.2) is 34.8 Å². The van der Waals surface area contributed by atoms with Crippen molar-refractivity contribution >= 4 is 23.3 Å². The summed E-state index contributed by atoms with van der Waals surface area (Å²) in [4.78, 5) is 9.36. The van der Waals surface area contributed by atoms with Crippen LogP contribution in [0.25, 0.3) is 0 Å². The van der Waals surface area contributed by atoms with Crippen LogP contribution in [0.4, 0.5) is 23.3 Å². The summed E-state index contributed by atoms with van der Waals surface area (Å²) in [6.07, 6.45) is 0.415. The molecule has 1 unspecified atom stereocenters. The van der Waals surface area contributed by atoms with Crippen molar-refractivity contribution in [3.63, 3.8) is 0 Å². The molecule has 7 N–H and O–H groups in total. The molecule has 0 saturated carbocycles. The van der Waals surface area contributed by atoms with Crippen LogP contribution in [0.5, 0.6) is 0 Å². The molecule has 7 heteroatoms. The van der Waals surface area contributed by atoms with E-state index in [2.05, 4.69) is 15.3 Å². The molecule has 2 rings (SSSR count). The molecule has 1 saturated heterocycles. The Balaban J connectivity index is 2.32. The van der Waals surface area contributed by atoms with E-state index < -0.39 is 0 Å². The molecule has 1 fully saturated rings. The fourth-order valence-corrected chi connectivity index (χ4v) is 2.12. The SMILES string of the molecule is CC(C)(C)Nc1nc(N)c(N)c(N2CCC(O)C2)[nH+]1. The van der Waals surface area contributed by atoms with E-state index in [9.17, 15) is 5.11 Å². The smallest absolute Gasteiger partial charge is 0.347 e. The summed E-state index contributed by atoms with van der Waals surface area (Å²) < 4.78 is 0. The van der Waals surface area contributed by atoms with E-state index in [4.69, 9.17) is 11.5 Å². The molecule has 1 aliphatic rings. The standard InChI is InChI=1S/C12H22N6O/c1-12(2,3)17-11-15-9(14)8(13)10(16-11)18-5-4-7(19)6-18/h7,19H,4-6,13H2,1-3H3,(H3,14,15,16,17)/p+1. The minimum atomic E-state index is -0.318. The Kier molecular flexibility index (Phi) is 3.40. The zero-order chi connectivity index (χ0) is 14.2. The van der Waals surface area contributed by atoms with E-state index in [0.29, 0.717) is 24.0 Å². The van der Waals surface area contributed by atoms with Crippen LogP contribution in [0.1, 0.15) is 27.2 Å². The Morgan fingerprint density at radius 3 is 2.63 bits per heavy atom. The van der Waals surface area contributed by atoms with E-state index in [1.807, 2.05) is 25.7 Å². The van der Waals surface area contributed by atoms with Gasteiger partial charge in [-0.2, -0.15) is 0 Å². The summed E-state index contributed by atoms with van der Waals surface area (Å²) in [6, 6.07) is 0. The molecular formula is C12H23N6O+. The van der Waals surface area contributed by atoms with Gasteiger partial charge in [0, 0.05) is 6.42 Å². The van der Waals surface area contributed by atoms with E-state index in [0.717, 1.165) is 18.8 Å². The first kappa shape index (κ1) is 13.7. The minimum Gasteiger partial charge on any atom is -0.390 e. The Bertz CT molecular complexity index is 470. The summed E-state index contributed by atoms with van der Waals surface area (Å²) in [5, 5.41) is 12.9. The van der Waals surface area contributed by atoms with Gasteiger partial charge < -0.3 is 21.5 Å². The van der Waals surface area contributed by atoms with Crippen molar-refractivity contribution in [2.45, 2.75) is 38.8 Å². The van der Waals surface area contributed by atoms with Gasteiger partial charge in [-0.25, -0.2) is 4.98 Å². The number of aromatic amines is 1. The van der Waals surface area contributed by atoms with Crippen molar-refractivity contribution < 1.29 is 10.1 Å². The monoisotopic (exact) mass is 267 g/mol. The number of nitrogens with two attached hydrogens (primary N) is 2. The van der Waals surface area contributed by atoms with Gasteiger partial charge in [0.05, 0.1) is 24.7 Å². The van der Waals surface area contributed by atoms with Crippen LogP contribution in [0.3, 0.4) is 0 Å². The maximum atomic E-state index is 9.62. The second-order valence-corrected chi connectivity index (χ2v) is 6.00. The number of nitrogens with one attached hydrogen (secondary N) is 2. The number of aromatic nitrogens is 2. The predicted molar refractivity (Wildman–Crippen MR) is 75.8 cm³/mol. The number of hydrogen-bond donors (Lipinski definition) is 4. The second-order valence-electron chi connectivity index (χ2n) is 6.00. The first-order valence-electron chi connectivity index (χ1n) is 6.46. The quantitative estimate of drug-likeness (QED) is 0.592. The molecule has 19 heavy (non-hydrogen) atoms. The number of aliphatic hydroxyl groups is 1. The molecule has 1 aromatic rings. The van der Waals surface area contributed by atoms with E-state index in [-0.39, 0.29) is 11.6 Å². The van der Waals surface area contributed by atoms with Crippen molar-refractivity contribution in [2.24, 2.45) is 0 Å². The van der Waals surface area contributed by atoms with Crippen molar-refractivity contribution in [3.8, 4) is 0 Å². The molecule has 0 amide bonds. The Hall–Kier alpha value is -1.76. The number of β-amino-alcohol motifs (C(OH)–C–C–N with tert-alkyl or cyclic N) is 1. The summed E-state index contributed by atoms with van der Waals surface area (Å²) in [5.41, 5.74) is 12.1. The van der Waals surface area contributed by atoms with Gasteiger partial charge in [-0.3, -0.25) is 5.32 Å². The molecule has 0 spiro atoms. The number of nitrogens with zero attached hydrogens (tertiary/aromatic N) is 2. The number of H-pyrrole nitrogens is 1. The molecule has 106 valence electrons. The fourth-order valence-electron chi connectivity index (χ4n) is 2.12. The zero-order valence-corrected chi connectivity index (χ0v) is 11.7. The van der Waals surface area contributed by atoms with Gasteiger partial charge in [0.25, 0.3) is 0 Å². The van der Waals surface area contributed by atoms with Crippen molar-refractivity contribution in [1.29, 1.82) is 0 Å². The fraction of sp³-hybridized carbons (Fsp3) is 0.667. The first-order valence-corrected chi connectivity index (χ1v) is 6.46. The number of anilines is 4. The lowest BCUT2D eigenvalue weighted by Crippen LogP contribution is -2.35. The van der Waals surface area contributed by atoms with Crippen LogP contribution in [-0.2, 0) is 0 Å². The maximum Gasteiger partial charge on any atom is 0.347 e. The third kappa shape index (κ3) is 3.17. The Morgan fingerprint density at radius 1 is 1.42 bits per heavy atom. The lowest BCUT2D eigenvalue weighted by atomic mass is 10.1. The summed E-state index contributed by atoms with van der Waals surface area (Å²) in [6.45, 7) is 7.41. The number of hydrogen-bond acceptors (Lipinski definition) is 6. The van der Waals surface area contributed by atoms with E-state index in [1.165, 1.54) is 0 Å². The molecule has 1 aliphatic heterocycles. The molecule has 0 aliphatic carbocycles. The lowest BCUT2D eigenvalue weighted by Gasteiger charge is -2.19. The van der Waals surface area contributed by atoms with Gasteiger partial charge in [0.1, 0.15) is 0 Å². The Labute approximate surface area is 113 Å². The molecule has 0 bridgehead atoms. The number of rotatable bonds is 2.